The Morgan fingerprint density at radius 2 is 1.41 bits per heavy atom. The first-order valence-corrected chi connectivity index (χ1v) is 35.7. The van der Waals surface area contributed by atoms with E-state index in [1.807, 2.05) is 13.8 Å². The Hall–Kier alpha value is -6.86. The molecule has 4 unspecified atom stereocenters. The Kier molecular flexibility index (Phi) is 27.7. The molecule has 1 aromatic carbocycles. The topological polar surface area (TPSA) is 386 Å². The molecule has 0 spiro atoms. The molecule has 10 N–H and O–H groups in total. The lowest BCUT2D eigenvalue weighted by atomic mass is 9.80. The van der Waals surface area contributed by atoms with Crippen LogP contribution in [0.1, 0.15) is 149 Å². The smallest absolute Gasteiger partial charge is 0.253 e. The summed E-state index contributed by atoms with van der Waals surface area (Å²) in [6.45, 7) is 15.0. The number of rotatable bonds is 36. The van der Waals surface area contributed by atoms with Crippen molar-refractivity contribution in [1.82, 2.24) is 36.8 Å². The number of aliphatic hydroxyl groups excluding tert-OH is 2. The highest BCUT2D eigenvalue weighted by Crippen LogP contribution is 2.51. The van der Waals surface area contributed by atoms with Crippen molar-refractivity contribution in [2.45, 2.75) is 259 Å². The van der Waals surface area contributed by atoms with Gasteiger partial charge in [0, 0.05) is 95.6 Å². The molecular formula is C72H104N8O20. The largest absolute Gasteiger partial charge is 0.391 e. The molecule has 4 bridgehead atoms. The maximum atomic E-state index is 14.1. The van der Waals surface area contributed by atoms with Gasteiger partial charge in [-0.15, -0.1) is 0 Å². The van der Waals surface area contributed by atoms with E-state index in [2.05, 4.69) is 58.9 Å². The SMILES string of the molecule is C=C1C[C@H](CC[C@]23CC(O)[C@H](O2)C2O[C@H]4CC[C@H](CC(=O)C[C@@H]5[C@@H](OC)[C@@H](C[C@H](O)CNC(=O)CNC(=O)[C@H](Cc6ccccc6)NC(=O)CNC(=O)CNC(=O)C(CCC(N)=O)NC(=O)CCCCCN6C(=O)C=CC6=O)O[C@H]5C)O[C@@H]4[C@H](O3)C2C)O[C@H]1CC[C@H]1C[C@@H](C)C(=C)[C@@H](C)O1. The Morgan fingerprint density at radius 3 is 2.12 bits per heavy atom. The summed E-state index contributed by atoms with van der Waals surface area (Å²) in [5.41, 5.74) is 8.18. The van der Waals surface area contributed by atoms with E-state index in [1.165, 1.54) is 19.3 Å². The quantitative estimate of drug-likeness (QED) is 0.0263. The fraction of sp³-hybridized carbons (Fsp3) is 0.694. The van der Waals surface area contributed by atoms with Crippen LogP contribution in [0.25, 0.3) is 0 Å². The minimum absolute atomic E-state index is 0.00220. The van der Waals surface area contributed by atoms with Crippen molar-refractivity contribution in [3.05, 3.63) is 72.4 Å². The van der Waals surface area contributed by atoms with Gasteiger partial charge in [-0.3, -0.25) is 52.8 Å². The highest BCUT2D eigenvalue weighted by molar-refractivity contribution is 6.12. The van der Waals surface area contributed by atoms with Gasteiger partial charge in [-0.25, -0.2) is 0 Å². The standard InChI is InChI=1S/C72H104N8O20/c1-39-28-48(94-43(5)41(39)3)17-20-55-40(2)29-50(96-55)25-26-72-34-54(83)68(100-72)65-42(4)66(99-72)69-56(98-65)21-18-49(97-69)31-46(81)32-51-44(6)95-57(67(51)93-7)33-47(82)35-74-60(86)36-77-71(92)53(30-45-14-10-8-11-15-45)79-62(88)38-75-61(87)37-76-70(91)52(19-22-58(73)84)78-59(85)16-12-9-13-27-80-63(89)23-24-64(80)90/h8,10-11,14-15,23-24,39,42-44,47-57,65-69,82-83H,2-3,9,12-13,16-22,25-38H2,1,4-7H3,(H2,73,84)(H,74,86)(H,75,87)(H,76,91)(H,77,92)(H,78,85)(H,79,88)/t39-,42?,43-,44+,47+,48+,49-,50+,51+,52?,53+,54?,55+,56+,57-,65?,66-,67-,68+,69+,72-/m1/s1. The lowest BCUT2D eigenvalue weighted by Crippen LogP contribution is -2.62. The number of Topliss-reactive ketones (excluding diaryl/α,β-unsaturated/α-hetero) is 1. The minimum atomic E-state index is -1.23. The number of carbonyl (C=O) groups is 10. The molecule has 9 rings (SSSR count). The van der Waals surface area contributed by atoms with Crippen LogP contribution in [-0.4, -0.2) is 223 Å². The molecule has 1 aromatic rings. The maximum absolute atomic E-state index is 14.1. The average molecular weight is 1400 g/mol. The Balaban J connectivity index is 0.679. The van der Waals surface area contributed by atoms with E-state index in [9.17, 15) is 58.2 Å². The number of ether oxygens (including phenoxy) is 8. The number of hydrogen-bond acceptors (Lipinski definition) is 20. The Morgan fingerprint density at radius 1 is 0.720 bits per heavy atom. The average Bonchev–Trinajstić information content (AvgIpc) is 1.55. The second-order valence-electron chi connectivity index (χ2n) is 28.5. The zero-order valence-electron chi connectivity index (χ0n) is 58.2. The number of imide groups is 1. The number of carbonyl (C=O) groups excluding carboxylic acids is 10. The molecule has 8 aliphatic heterocycles. The number of methoxy groups -OCH3 is 1. The summed E-state index contributed by atoms with van der Waals surface area (Å²) in [6.07, 6.45) is 3.66. The van der Waals surface area contributed by atoms with Gasteiger partial charge in [0.15, 0.2) is 5.79 Å². The number of hydrogen-bond donors (Lipinski definition) is 9. The van der Waals surface area contributed by atoms with Gasteiger partial charge in [0.1, 0.15) is 30.1 Å². The Bertz CT molecular complexity index is 3100. The van der Waals surface area contributed by atoms with Crippen molar-refractivity contribution < 1.29 is 96.1 Å². The number of benzene rings is 1. The monoisotopic (exact) mass is 1400 g/mol. The normalized spacial score (nSPS) is 32.3. The third kappa shape index (κ3) is 20.9. The van der Waals surface area contributed by atoms with Crippen molar-refractivity contribution in [2.24, 2.45) is 23.5 Å². The van der Waals surface area contributed by atoms with Gasteiger partial charge in [-0.2, -0.15) is 0 Å². The third-order valence-electron chi connectivity index (χ3n) is 20.9. The molecule has 8 aliphatic rings. The maximum Gasteiger partial charge on any atom is 0.253 e. The zero-order chi connectivity index (χ0) is 71.9. The number of amides is 9. The molecule has 28 heteroatoms. The van der Waals surface area contributed by atoms with Crippen molar-refractivity contribution >= 4 is 58.9 Å². The van der Waals surface area contributed by atoms with Gasteiger partial charge < -0.3 is 85.7 Å². The molecule has 100 heavy (non-hydrogen) atoms. The first kappa shape index (κ1) is 77.3. The van der Waals surface area contributed by atoms with E-state index >= 15 is 0 Å². The summed E-state index contributed by atoms with van der Waals surface area (Å²) in [5, 5.41) is 37.6. The second kappa shape index (κ2) is 35.8. The number of primary amides is 1. The van der Waals surface area contributed by atoms with E-state index < -0.39 is 152 Å². The molecule has 0 aromatic heterocycles. The number of nitrogens with two attached hydrogens (primary N) is 1. The van der Waals surface area contributed by atoms with Crippen molar-refractivity contribution in [3.8, 4) is 0 Å². The van der Waals surface area contributed by atoms with E-state index in [-0.39, 0.29) is 113 Å². The van der Waals surface area contributed by atoms with Gasteiger partial charge in [-0.1, -0.05) is 63.8 Å². The molecule has 0 saturated carbocycles. The van der Waals surface area contributed by atoms with Crippen molar-refractivity contribution in [2.75, 3.05) is 39.8 Å². The van der Waals surface area contributed by atoms with Crippen LogP contribution >= 0.6 is 0 Å². The molecule has 0 aliphatic carbocycles. The number of aliphatic hydroxyl groups is 2. The van der Waals surface area contributed by atoms with Crippen LogP contribution in [0, 0.1) is 17.8 Å². The summed E-state index contributed by atoms with van der Waals surface area (Å²) < 4.78 is 52.4. The summed E-state index contributed by atoms with van der Waals surface area (Å²) in [4.78, 5) is 129. The van der Waals surface area contributed by atoms with E-state index in [4.69, 9.17) is 43.6 Å². The predicted octanol–water partition coefficient (Wildman–Crippen LogP) is 1.77. The van der Waals surface area contributed by atoms with Crippen LogP contribution < -0.4 is 37.6 Å². The van der Waals surface area contributed by atoms with Gasteiger partial charge in [0.05, 0.1) is 99.0 Å². The fourth-order valence-corrected chi connectivity index (χ4v) is 15.4. The summed E-state index contributed by atoms with van der Waals surface area (Å²) in [5.74, 6) is -7.01. The first-order valence-electron chi connectivity index (χ1n) is 35.7. The molecule has 21 atom stereocenters. The van der Waals surface area contributed by atoms with Gasteiger partial charge in [0.25, 0.3) is 11.8 Å². The lowest BCUT2D eigenvalue weighted by Gasteiger charge is -2.50. The molecular weight excluding hydrogens is 1300 g/mol. The third-order valence-corrected chi connectivity index (χ3v) is 20.9. The van der Waals surface area contributed by atoms with Crippen LogP contribution in [0.2, 0.25) is 0 Å². The molecule has 7 fully saturated rings. The van der Waals surface area contributed by atoms with Gasteiger partial charge in [-0.05, 0) is 101 Å². The number of unbranched alkanes of at least 4 members (excludes halogenated alkanes) is 2. The van der Waals surface area contributed by atoms with Crippen LogP contribution in [-0.2, 0) is 92.3 Å². The second-order valence-corrected chi connectivity index (χ2v) is 28.5. The van der Waals surface area contributed by atoms with Crippen molar-refractivity contribution in [3.63, 3.8) is 0 Å². The van der Waals surface area contributed by atoms with Crippen LogP contribution in [0.15, 0.2) is 66.8 Å². The number of nitrogens with one attached hydrogen (secondary N) is 6. The van der Waals surface area contributed by atoms with Crippen LogP contribution in [0.4, 0.5) is 0 Å². The number of ketones is 1. The van der Waals surface area contributed by atoms with E-state index in [0.717, 1.165) is 41.7 Å². The van der Waals surface area contributed by atoms with Gasteiger partial charge in [0.2, 0.25) is 41.4 Å². The first-order chi connectivity index (χ1) is 47.7. The summed E-state index contributed by atoms with van der Waals surface area (Å²) in [7, 11) is 1.52. The molecule has 7 saturated heterocycles. The molecule has 9 amide bonds. The number of fused-ring (bicyclic) bond motifs is 7. The van der Waals surface area contributed by atoms with Crippen molar-refractivity contribution in [1.29, 1.82) is 0 Å². The predicted molar refractivity (Wildman–Crippen MR) is 359 cm³/mol. The fourth-order valence-electron chi connectivity index (χ4n) is 15.4. The van der Waals surface area contributed by atoms with Crippen LogP contribution in [0.3, 0.4) is 0 Å². The lowest BCUT2D eigenvalue weighted by molar-refractivity contribution is -0.290. The highest BCUT2D eigenvalue weighted by atomic mass is 16.7. The molecule has 8 heterocycles. The Labute approximate surface area is 584 Å². The van der Waals surface area contributed by atoms with E-state index in [0.29, 0.717) is 56.4 Å². The molecule has 552 valence electrons. The molecule has 28 nitrogen and oxygen atoms in total. The highest BCUT2D eigenvalue weighted by Gasteiger charge is 2.62. The summed E-state index contributed by atoms with van der Waals surface area (Å²) >= 11 is 0. The van der Waals surface area contributed by atoms with Crippen LogP contribution in [0.5, 0.6) is 0 Å². The number of nitrogens with zero attached hydrogens (tertiary/aromatic N) is 1. The van der Waals surface area contributed by atoms with Gasteiger partial charge >= 0.3 is 0 Å². The zero-order valence-corrected chi connectivity index (χ0v) is 58.2. The molecule has 0 radical (unpaired) electrons. The summed E-state index contributed by atoms with van der Waals surface area (Å²) in [6, 6.07) is 6.28. The van der Waals surface area contributed by atoms with E-state index in [1.54, 1.807) is 30.3 Å². The minimum Gasteiger partial charge on any atom is -0.391 e.